The number of ether oxygens (including phenoxy) is 1. The molecule has 0 aliphatic heterocycles. The van der Waals surface area contributed by atoms with Crippen LogP contribution in [0.15, 0.2) is 47.2 Å². The molecule has 0 saturated heterocycles. The molecule has 0 spiro atoms. The van der Waals surface area contributed by atoms with Crippen molar-refractivity contribution in [3.8, 4) is 11.5 Å². The number of hydrogen-bond donors (Lipinski definition) is 1. The summed E-state index contributed by atoms with van der Waals surface area (Å²) in [5.74, 6) is 1.61. The van der Waals surface area contributed by atoms with E-state index in [0.717, 1.165) is 41.0 Å². The lowest BCUT2D eigenvalue weighted by Gasteiger charge is -2.11. The molecule has 1 aromatic heterocycles. The van der Waals surface area contributed by atoms with Gasteiger partial charge in [-0.25, -0.2) is 0 Å². The van der Waals surface area contributed by atoms with Crippen molar-refractivity contribution in [3.63, 3.8) is 0 Å². The molecule has 1 heterocycles. The minimum Gasteiger partial charge on any atom is -0.455 e. The van der Waals surface area contributed by atoms with E-state index >= 15 is 0 Å². The van der Waals surface area contributed by atoms with Crippen LogP contribution in [0.5, 0.6) is 11.5 Å². The molecular weight excluding hydrogens is 304 g/mol. The maximum atomic E-state index is 5.87. The SMILES string of the molecule is CCCNCc1ccncc1Oc1ccc(Br)cc1. The Morgan fingerprint density at radius 2 is 2.00 bits per heavy atom. The zero-order valence-corrected chi connectivity index (χ0v) is 12.5. The lowest BCUT2D eigenvalue weighted by Crippen LogP contribution is -2.14. The zero-order valence-electron chi connectivity index (χ0n) is 10.9. The number of pyridine rings is 1. The van der Waals surface area contributed by atoms with Gasteiger partial charge in [-0.2, -0.15) is 0 Å². The van der Waals surface area contributed by atoms with Gasteiger partial charge >= 0.3 is 0 Å². The van der Waals surface area contributed by atoms with Crippen LogP contribution in [-0.2, 0) is 6.54 Å². The lowest BCUT2D eigenvalue weighted by molar-refractivity contribution is 0.470. The summed E-state index contributed by atoms with van der Waals surface area (Å²) in [5.41, 5.74) is 1.12. The number of nitrogens with one attached hydrogen (secondary N) is 1. The molecular formula is C15H17BrN2O. The second kappa shape index (κ2) is 7.26. The Bertz CT molecular complexity index is 514. The molecule has 1 aromatic carbocycles. The molecule has 4 heteroatoms. The van der Waals surface area contributed by atoms with Crippen molar-refractivity contribution in [1.82, 2.24) is 10.3 Å². The van der Waals surface area contributed by atoms with Gasteiger partial charge in [0.25, 0.3) is 0 Å². The summed E-state index contributed by atoms with van der Waals surface area (Å²) < 4.78 is 6.91. The molecule has 3 nitrogen and oxygen atoms in total. The van der Waals surface area contributed by atoms with Crippen LogP contribution in [0.4, 0.5) is 0 Å². The molecule has 0 aliphatic rings. The second-order valence-electron chi connectivity index (χ2n) is 4.22. The Morgan fingerprint density at radius 3 is 2.74 bits per heavy atom. The standard InChI is InChI=1S/C15H17BrN2O/c1-2-8-17-10-12-7-9-18-11-15(12)19-14-5-3-13(16)4-6-14/h3-7,9,11,17H,2,8,10H2,1H3. The first-order valence-corrected chi connectivity index (χ1v) is 7.16. The van der Waals surface area contributed by atoms with Crippen molar-refractivity contribution in [2.24, 2.45) is 0 Å². The van der Waals surface area contributed by atoms with Crippen LogP contribution in [0, 0.1) is 0 Å². The minimum absolute atomic E-state index is 0.794. The number of nitrogens with zero attached hydrogens (tertiary/aromatic N) is 1. The van der Waals surface area contributed by atoms with Crippen molar-refractivity contribution in [2.45, 2.75) is 19.9 Å². The first-order valence-electron chi connectivity index (χ1n) is 6.36. The predicted octanol–water partition coefficient (Wildman–Crippen LogP) is 4.14. The molecule has 0 amide bonds. The van der Waals surface area contributed by atoms with Gasteiger partial charge in [0.15, 0.2) is 0 Å². The van der Waals surface area contributed by atoms with Crippen molar-refractivity contribution >= 4 is 15.9 Å². The van der Waals surface area contributed by atoms with Gasteiger partial charge in [-0.15, -0.1) is 0 Å². The molecule has 0 saturated carbocycles. The molecule has 19 heavy (non-hydrogen) atoms. The number of benzene rings is 1. The molecule has 0 radical (unpaired) electrons. The summed E-state index contributed by atoms with van der Waals surface area (Å²) in [6.07, 6.45) is 4.66. The van der Waals surface area contributed by atoms with E-state index in [0.29, 0.717) is 0 Å². The van der Waals surface area contributed by atoms with E-state index in [2.05, 4.69) is 33.2 Å². The second-order valence-corrected chi connectivity index (χ2v) is 5.13. The third-order valence-corrected chi connectivity index (χ3v) is 3.18. The average Bonchev–Trinajstić information content (AvgIpc) is 2.43. The number of aromatic nitrogens is 1. The van der Waals surface area contributed by atoms with Crippen LogP contribution >= 0.6 is 15.9 Å². The normalized spacial score (nSPS) is 10.4. The third kappa shape index (κ3) is 4.33. The predicted molar refractivity (Wildman–Crippen MR) is 80.5 cm³/mol. The smallest absolute Gasteiger partial charge is 0.150 e. The Labute approximate surface area is 122 Å². The summed E-state index contributed by atoms with van der Waals surface area (Å²) >= 11 is 3.41. The highest BCUT2D eigenvalue weighted by atomic mass is 79.9. The largest absolute Gasteiger partial charge is 0.455 e. The highest BCUT2D eigenvalue weighted by molar-refractivity contribution is 9.10. The topological polar surface area (TPSA) is 34.2 Å². The van der Waals surface area contributed by atoms with Crippen molar-refractivity contribution < 1.29 is 4.74 Å². The Hall–Kier alpha value is -1.39. The molecule has 0 atom stereocenters. The fourth-order valence-electron chi connectivity index (χ4n) is 1.68. The highest BCUT2D eigenvalue weighted by Crippen LogP contribution is 2.25. The Kier molecular flexibility index (Phi) is 5.36. The molecule has 0 unspecified atom stereocenters. The van der Waals surface area contributed by atoms with E-state index in [9.17, 15) is 0 Å². The van der Waals surface area contributed by atoms with Gasteiger partial charge in [-0.1, -0.05) is 22.9 Å². The maximum absolute atomic E-state index is 5.87. The van der Waals surface area contributed by atoms with Gasteiger partial charge in [-0.05, 0) is 43.3 Å². The minimum atomic E-state index is 0.794. The van der Waals surface area contributed by atoms with E-state index < -0.39 is 0 Å². The highest BCUT2D eigenvalue weighted by Gasteiger charge is 2.04. The van der Waals surface area contributed by atoms with Crippen molar-refractivity contribution in [2.75, 3.05) is 6.54 Å². The summed E-state index contributed by atoms with van der Waals surface area (Å²) in [6, 6.07) is 9.76. The summed E-state index contributed by atoms with van der Waals surface area (Å²) in [7, 11) is 0. The molecule has 0 aliphatic carbocycles. The zero-order chi connectivity index (χ0) is 13.5. The van der Waals surface area contributed by atoms with Crippen LogP contribution in [0.2, 0.25) is 0 Å². The quantitative estimate of drug-likeness (QED) is 0.812. The van der Waals surface area contributed by atoms with Gasteiger partial charge < -0.3 is 10.1 Å². The first-order chi connectivity index (χ1) is 9.29. The van der Waals surface area contributed by atoms with E-state index in [-0.39, 0.29) is 0 Å². The van der Waals surface area contributed by atoms with E-state index in [4.69, 9.17) is 4.74 Å². The Balaban J connectivity index is 2.08. The molecule has 100 valence electrons. The maximum Gasteiger partial charge on any atom is 0.150 e. The molecule has 0 bridgehead atoms. The van der Waals surface area contributed by atoms with Crippen LogP contribution in [0.25, 0.3) is 0 Å². The lowest BCUT2D eigenvalue weighted by atomic mass is 10.2. The third-order valence-electron chi connectivity index (χ3n) is 2.65. The fourth-order valence-corrected chi connectivity index (χ4v) is 1.94. The van der Waals surface area contributed by atoms with Crippen molar-refractivity contribution in [3.05, 3.63) is 52.8 Å². The summed E-state index contributed by atoms with van der Waals surface area (Å²) in [4.78, 5) is 4.13. The van der Waals surface area contributed by atoms with E-state index in [1.807, 2.05) is 30.3 Å². The molecule has 2 rings (SSSR count). The number of rotatable bonds is 6. The monoisotopic (exact) mass is 320 g/mol. The summed E-state index contributed by atoms with van der Waals surface area (Å²) in [5, 5.41) is 3.37. The van der Waals surface area contributed by atoms with E-state index in [1.165, 1.54) is 0 Å². The van der Waals surface area contributed by atoms with E-state index in [1.54, 1.807) is 12.4 Å². The van der Waals surface area contributed by atoms with Gasteiger partial charge in [0.05, 0.1) is 6.20 Å². The van der Waals surface area contributed by atoms with Crippen LogP contribution < -0.4 is 10.1 Å². The Morgan fingerprint density at radius 1 is 1.21 bits per heavy atom. The molecule has 1 N–H and O–H groups in total. The van der Waals surface area contributed by atoms with Crippen molar-refractivity contribution in [1.29, 1.82) is 0 Å². The average molecular weight is 321 g/mol. The van der Waals surface area contributed by atoms with Gasteiger partial charge in [0.1, 0.15) is 11.5 Å². The number of hydrogen-bond acceptors (Lipinski definition) is 3. The van der Waals surface area contributed by atoms with Gasteiger partial charge in [0.2, 0.25) is 0 Å². The first kappa shape index (κ1) is 14.0. The van der Waals surface area contributed by atoms with Crippen LogP contribution in [0.3, 0.4) is 0 Å². The molecule has 0 fully saturated rings. The number of halogens is 1. The van der Waals surface area contributed by atoms with Crippen LogP contribution in [-0.4, -0.2) is 11.5 Å². The fraction of sp³-hybridized carbons (Fsp3) is 0.267. The summed E-state index contributed by atoms with van der Waals surface area (Å²) in [6.45, 7) is 3.95. The van der Waals surface area contributed by atoms with Gasteiger partial charge in [0, 0.05) is 22.8 Å². The van der Waals surface area contributed by atoms with Crippen LogP contribution in [0.1, 0.15) is 18.9 Å². The molecule has 2 aromatic rings. The van der Waals surface area contributed by atoms with Gasteiger partial charge in [-0.3, -0.25) is 4.98 Å².